The molecule has 2 aromatic heterocycles. The molecule has 0 spiro atoms. The Morgan fingerprint density at radius 2 is 2.12 bits per heavy atom. The Hall–Kier alpha value is -2.19. The van der Waals surface area contributed by atoms with E-state index >= 15 is 0 Å². The molecule has 2 aromatic rings. The molecule has 2 atom stereocenters. The van der Waals surface area contributed by atoms with E-state index < -0.39 is 17.7 Å². The number of amides is 1. The first-order valence-electron chi connectivity index (χ1n) is 7.49. The molecular weight excluding hydrogens is 334 g/mol. The summed E-state index contributed by atoms with van der Waals surface area (Å²) in [4.78, 5) is 24.3. The minimum absolute atomic E-state index is 0.108. The molecule has 1 N–H and O–H groups in total. The van der Waals surface area contributed by atoms with Gasteiger partial charge in [-0.25, -0.2) is 19.7 Å². The number of carbonyl (C=O) groups is 1. The Morgan fingerprint density at radius 1 is 1.38 bits per heavy atom. The summed E-state index contributed by atoms with van der Waals surface area (Å²) in [6, 6.07) is -0.595. The maximum Gasteiger partial charge on any atom is 0.434 e. The quantitative estimate of drug-likeness (QED) is 0.387. The maximum atomic E-state index is 12.0. The smallest absolute Gasteiger partial charge is 0.434 e. The van der Waals surface area contributed by atoms with Crippen LogP contribution >= 0.6 is 11.6 Å². The molecule has 0 unspecified atom stereocenters. The molecule has 128 valence electrons. The van der Waals surface area contributed by atoms with Gasteiger partial charge in [0.1, 0.15) is 17.4 Å². The zero-order valence-electron chi connectivity index (χ0n) is 13.5. The lowest BCUT2D eigenvalue weighted by molar-refractivity contribution is -0.110. The number of imidazole rings is 1. The van der Waals surface area contributed by atoms with Crippen LogP contribution in [0.15, 0.2) is 24.8 Å². The standard InChI is InChI=1S/C15H18ClN5O3/c1-15(2,3)24-14(22)21(23)10-5-4-9(6-10)20-8-19-11-12(16)17-7-18-13(11)20/h4-5,7-10,23H,6H2,1-3H3/t9-,10+/m0/s1. The number of hydrogen-bond donors (Lipinski definition) is 1. The fourth-order valence-corrected chi connectivity index (χ4v) is 2.74. The van der Waals surface area contributed by atoms with Gasteiger partial charge in [0.25, 0.3) is 0 Å². The normalized spacial score (nSPS) is 20.5. The number of fused-ring (bicyclic) bond motifs is 1. The zero-order valence-corrected chi connectivity index (χ0v) is 14.3. The molecule has 0 bridgehead atoms. The van der Waals surface area contributed by atoms with Crippen molar-refractivity contribution in [2.75, 3.05) is 0 Å². The molecule has 0 saturated carbocycles. The number of nitrogens with zero attached hydrogens (tertiary/aromatic N) is 5. The van der Waals surface area contributed by atoms with Gasteiger partial charge in [0.05, 0.1) is 18.4 Å². The first kappa shape index (κ1) is 16.7. The Bertz CT molecular complexity index is 798. The number of carbonyl (C=O) groups excluding carboxylic acids is 1. The molecule has 1 aliphatic carbocycles. The van der Waals surface area contributed by atoms with Gasteiger partial charge < -0.3 is 9.30 Å². The van der Waals surface area contributed by atoms with Crippen LogP contribution in [0.2, 0.25) is 5.15 Å². The highest BCUT2D eigenvalue weighted by molar-refractivity contribution is 6.33. The van der Waals surface area contributed by atoms with Crippen molar-refractivity contribution in [3.8, 4) is 0 Å². The second kappa shape index (κ2) is 6.03. The lowest BCUT2D eigenvalue weighted by Crippen LogP contribution is -2.40. The van der Waals surface area contributed by atoms with Crippen LogP contribution in [0, 0.1) is 0 Å². The predicted octanol–water partition coefficient (Wildman–Crippen LogP) is 2.98. The summed E-state index contributed by atoms with van der Waals surface area (Å²) in [5.41, 5.74) is 0.449. The van der Waals surface area contributed by atoms with Gasteiger partial charge in [-0.1, -0.05) is 23.8 Å². The Kier molecular flexibility index (Phi) is 4.18. The molecule has 8 nitrogen and oxygen atoms in total. The van der Waals surface area contributed by atoms with E-state index in [9.17, 15) is 10.0 Å². The van der Waals surface area contributed by atoms with E-state index in [1.54, 1.807) is 33.2 Å². The maximum absolute atomic E-state index is 12.0. The molecule has 2 heterocycles. The van der Waals surface area contributed by atoms with E-state index in [2.05, 4.69) is 15.0 Å². The van der Waals surface area contributed by atoms with E-state index in [-0.39, 0.29) is 11.2 Å². The van der Waals surface area contributed by atoms with Gasteiger partial charge in [0, 0.05) is 0 Å². The van der Waals surface area contributed by atoms with Crippen molar-refractivity contribution in [2.45, 2.75) is 44.9 Å². The van der Waals surface area contributed by atoms with Crippen LogP contribution in [0.25, 0.3) is 11.2 Å². The number of halogens is 1. The summed E-state index contributed by atoms with van der Waals surface area (Å²) in [6.07, 6.45) is 6.33. The lowest BCUT2D eigenvalue weighted by atomic mass is 10.2. The number of hydrogen-bond acceptors (Lipinski definition) is 6. The van der Waals surface area contributed by atoms with Gasteiger partial charge in [0.15, 0.2) is 10.8 Å². The SMILES string of the molecule is CC(C)(C)OC(=O)N(O)[C@@H]1C=C[C@H](n2cnc3c(Cl)ncnc32)C1. The highest BCUT2D eigenvalue weighted by atomic mass is 35.5. The summed E-state index contributed by atoms with van der Waals surface area (Å²) < 4.78 is 7.01. The highest BCUT2D eigenvalue weighted by Gasteiger charge is 2.31. The molecule has 0 radical (unpaired) electrons. The van der Waals surface area contributed by atoms with Crippen LogP contribution in [0.3, 0.4) is 0 Å². The average Bonchev–Trinajstić information content (AvgIpc) is 3.11. The van der Waals surface area contributed by atoms with Gasteiger partial charge in [-0.05, 0) is 27.2 Å². The Balaban J connectivity index is 1.75. The fourth-order valence-electron chi connectivity index (χ4n) is 2.56. The van der Waals surface area contributed by atoms with Gasteiger partial charge in [-0.3, -0.25) is 5.21 Å². The van der Waals surface area contributed by atoms with Gasteiger partial charge in [0.2, 0.25) is 0 Å². The van der Waals surface area contributed by atoms with Crippen molar-refractivity contribution >= 4 is 28.9 Å². The Labute approximate surface area is 143 Å². The van der Waals surface area contributed by atoms with E-state index in [4.69, 9.17) is 16.3 Å². The minimum atomic E-state index is -0.779. The number of aromatic nitrogens is 4. The third kappa shape index (κ3) is 3.20. The van der Waals surface area contributed by atoms with Crippen LogP contribution in [-0.2, 0) is 4.74 Å². The van der Waals surface area contributed by atoms with Crippen molar-refractivity contribution in [3.05, 3.63) is 30.0 Å². The monoisotopic (exact) mass is 351 g/mol. The zero-order chi connectivity index (χ0) is 17.5. The number of rotatable bonds is 2. The molecule has 24 heavy (non-hydrogen) atoms. The van der Waals surface area contributed by atoms with E-state index in [0.29, 0.717) is 22.6 Å². The Morgan fingerprint density at radius 3 is 2.83 bits per heavy atom. The van der Waals surface area contributed by atoms with Crippen LogP contribution in [0.1, 0.15) is 33.2 Å². The second-order valence-corrected chi connectivity index (χ2v) is 6.93. The van der Waals surface area contributed by atoms with Crippen LogP contribution in [0.4, 0.5) is 4.79 Å². The molecule has 9 heteroatoms. The first-order chi connectivity index (χ1) is 11.3. The summed E-state index contributed by atoms with van der Waals surface area (Å²) in [6.45, 7) is 5.23. The van der Waals surface area contributed by atoms with Crippen LogP contribution in [0.5, 0.6) is 0 Å². The van der Waals surface area contributed by atoms with Gasteiger partial charge in [-0.15, -0.1) is 0 Å². The molecule has 3 rings (SSSR count). The summed E-state index contributed by atoms with van der Waals surface area (Å²) in [7, 11) is 0. The van der Waals surface area contributed by atoms with Crippen LogP contribution in [-0.4, -0.2) is 47.5 Å². The van der Waals surface area contributed by atoms with Gasteiger partial charge >= 0.3 is 6.09 Å². The number of ether oxygens (including phenoxy) is 1. The molecule has 0 aromatic carbocycles. The molecule has 1 aliphatic rings. The van der Waals surface area contributed by atoms with Crippen molar-refractivity contribution in [2.24, 2.45) is 0 Å². The van der Waals surface area contributed by atoms with E-state index in [1.165, 1.54) is 6.33 Å². The third-order valence-electron chi connectivity index (χ3n) is 3.60. The van der Waals surface area contributed by atoms with Crippen molar-refractivity contribution in [1.29, 1.82) is 0 Å². The van der Waals surface area contributed by atoms with E-state index in [0.717, 1.165) is 0 Å². The minimum Gasteiger partial charge on any atom is -0.442 e. The van der Waals surface area contributed by atoms with Crippen molar-refractivity contribution in [1.82, 2.24) is 24.6 Å². The third-order valence-corrected chi connectivity index (χ3v) is 3.88. The topological polar surface area (TPSA) is 93.4 Å². The largest absolute Gasteiger partial charge is 0.442 e. The van der Waals surface area contributed by atoms with Gasteiger partial charge in [-0.2, -0.15) is 5.06 Å². The van der Waals surface area contributed by atoms with Crippen molar-refractivity contribution < 1.29 is 14.7 Å². The summed E-state index contributed by atoms with van der Waals surface area (Å²) >= 11 is 6.00. The van der Waals surface area contributed by atoms with E-state index in [1.807, 2.05) is 10.6 Å². The predicted molar refractivity (Wildman–Crippen MR) is 86.8 cm³/mol. The molecule has 1 amide bonds. The number of allylic oxidation sites excluding steroid dienone is 1. The highest BCUT2D eigenvalue weighted by Crippen LogP contribution is 2.30. The first-order valence-corrected chi connectivity index (χ1v) is 7.86. The fraction of sp³-hybridized carbons (Fsp3) is 0.467. The molecule has 0 saturated heterocycles. The molecule has 0 aliphatic heterocycles. The van der Waals surface area contributed by atoms with Crippen molar-refractivity contribution in [3.63, 3.8) is 0 Å². The second-order valence-electron chi connectivity index (χ2n) is 6.57. The lowest BCUT2D eigenvalue weighted by Gasteiger charge is -2.26. The van der Waals surface area contributed by atoms with Crippen LogP contribution < -0.4 is 0 Å². The molecular formula is C15H18ClN5O3. The summed E-state index contributed by atoms with van der Waals surface area (Å²) in [5.74, 6) is 0. The molecule has 0 fully saturated rings. The average molecular weight is 352 g/mol. The number of hydroxylamine groups is 2. The summed E-state index contributed by atoms with van der Waals surface area (Å²) in [5, 5.41) is 11.0.